The largest absolute Gasteiger partial charge is 0.494 e. The lowest BCUT2D eigenvalue weighted by atomic mass is 10.0. The van der Waals surface area contributed by atoms with E-state index in [1.165, 1.54) is 12.1 Å². The lowest BCUT2D eigenvalue weighted by molar-refractivity contribution is 0.0743. The summed E-state index contributed by atoms with van der Waals surface area (Å²) < 4.78 is 33.0. The molecule has 28 heavy (non-hydrogen) atoms. The topological polar surface area (TPSA) is 75.7 Å². The van der Waals surface area contributed by atoms with Crippen LogP contribution in [0.2, 0.25) is 0 Å². The van der Waals surface area contributed by atoms with Crippen LogP contribution in [-0.4, -0.2) is 38.9 Å². The average molecular weight is 401 g/mol. The van der Waals surface area contributed by atoms with Crippen LogP contribution in [0, 0.1) is 0 Å². The maximum Gasteiger partial charge on any atom is 0.261 e. The van der Waals surface area contributed by atoms with Crippen molar-refractivity contribution < 1.29 is 17.9 Å². The fourth-order valence-electron chi connectivity index (χ4n) is 2.99. The molecule has 1 fully saturated rings. The zero-order chi connectivity index (χ0) is 20.1. The second-order valence-electron chi connectivity index (χ2n) is 6.63. The molecule has 1 saturated heterocycles. The second kappa shape index (κ2) is 8.48. The molecule has 0 bridgehead atoms. The number of hydrogen-bond donors (Lipinski definition) is 1. The van der Waals surface area contributed by atoms with Gasteiger partial charge in [-0.1, -0.05) is 12.2 Å². The molecule has 3 rings (SSSR count). The number of nitrogens with one attached hydrogen (secondary N) is 1. The maximum atomic E-state index is 12.6. The Bertz CT molecular complexity index is 941. The Morgan fingerprint density at radius 2 is 1.68 bits per heavy atom. The second-order valence-corrected chi connectivity index (χ2v) is 8.31. The molecule has 0 saturated carbocycles. The van der Waals surface area contributed by atoms with Crippen molar-refractivity contribution in [3.05, 3.63) is 66.2 Å². The van der Waals surface area contributed by atoms with Crippen LogP contribution >= 0.6 is 0 Å². The van der Waals surface area contributed by atoms with Crippen LogP contribution in [0.15, 0.2) is 65.6 Å². The van der Waals surface area contributed by atoms with Crippen LogP contribution in [-0.2, 0) is 10.0 Å². The molecule has 0 aromatic heterocycles. The summed E-state index contributed by atoms with van der Waals surface area (Å²) in [7, 11) is -3.74. The first-order chi connectivity index (χ1) is 13.4. The minimum absolute atomic E-state index is 0.0871. The molecular weight excluding hydrogens is 376 g/mol. The monoisotopic (exact) mass is 400 g/mol. The van der Waals surface area contributed by atoms with Gasteiger partial charge in [0.1, 0.15) is 5.75 Å². The molecule has 7 heteroatoms. The minimum atomic E-state index is -3.74. The van der Waals surface area contributed by atoms with Crippen molar-refractivity contribution in [3.8, 4) is 5.75 Å². The molecule has 1 aliphatic heterocycles. The van der Waals surface area contributed by atoms with E-state index in [2.05, 4.69) is 11.3 Å². The summed E-state index contributed by atoms with van der Waals surface area (Å²) in [6, 6.07) is 12.7. The predicted octanol–water partition coefficient (Wildman–Crippen LogP) is 3.68. The van der Waals surface area contributed by atoms with E-state index in [9.17, 15) is 13.2 Å². The molecule has 148 valence electrons. The van der Waals surface area contributed by atoms with E-state index in [0.29, 0.717) is 36.7 Å². The van der Waals surface area contributed by atoms with Gasteiger partial charge in [-0.3, -0.25) is 9.52 Å². The van der Waals surface area contributed by atoms with Crippen molar-refractivity contribution in [1.29, 1.82) is 0 Å². The van der Waals surface area contributed by atoms with Gasteiger partial charge < -0.3 is 9.64 Å². The smallest absolute Gasteiger partial charge is 0.261 e. The summed E-state index contributed by atoms with van der Waals surface area (Å²) in [5.74, 6) is 0.588. The first kappa shape index (κ1) is 19.9. The van der Waals surface area contributed by atoms with Gasteiger partial charge >= 0.3 is 0 Å². The highest BCUT2D eigenvalue weighted by Gasteiger charge is 2.21. The molecule has 0 radical (unpaired) electrons. The van der Waals surface area contributed by atoms with Gasteiger partial charge in [0.15, 0.2) is 0 Å². The Hall–Kier alpha value is -2.80. The van der Waals surface area contributed by atoms with Crippen molar-refractivity contribution >= 4 is 21.6 Å². The predicted molar refractivity (Wildman–Crippen MR) is 109 cm³/mol. The third-order valence-electron chi connectivity index (χ3n) is 4.59. The molecule has 0 spiro atoms. The Labute approximate surface area is 165 Å². The third-order valence-corrected chi connectivity index (χ3v) is 5.98. The van der Waals surface area contributed by atoms with Gasteiger partial charge in [-0.25, -0.2) is 8.42 Å². The zero-order valence-electron chi connectivity index (χ0n) is 15.8. The first-order valence-corrected chi connectivity index (χ1v) is 10.7. The van der Waals surface area contributed by atoms with E-state index in [-0.39, 0.29) is 10.8 Å². The number of carbonyl (C=O) groups is 1. The Kier molecular flexibility index (Phi) is 6.04. The lowest BCUT2D eigenvalue weighted by Gasteiger charge is -2.28. The number of rotatable bonds is 6. The molecule has 0 unspecified atom stereocenters. The molecule has 2 aromatic rings. The molecule has 0 atom stereocenters. The van der Waals surface area contributed by atoms with Gasteiger partial charge in [0.25, 0.3) is 15.9 Å². The van der Waals surface area contributed by atoms with Crippen LogP contribution in [0.3, 0.4) is 0 Å². The lowest BCUT2D eigenvalue weighted by Crippen LogP contribution is -2.36. The maximum absolute atomic E-state index is 12.6. The average Bonchev–Trinajstić information content (AvgIpc) is 2.70. The number of carbonyl (C=O) groups excluding carboxylic acids is 1. The van der Waals surface area contributed by atoms with Gasteiger partial charge in [-0.15, -0.1) is 0 Å². The van der Waals surface area contributed by atoms with Crippen LogP contribution in [0.1, 0.15) is 30.1 Å². The van der Waals surface area contributed by atoms with Gasteiger partial charge in [0.05, 0.1) is 11.5 Å². The van der Waals surface area contributed by atoms with Gasteiger partial charge in [0, 0.05) is 24.3 Å². The SMILES string of the molecule is C=C1CCN(C(=O)c2ccc(S(=O)(=O)Nc3ccc(OCC)cc3)cc2)CC1. The number of likely N-dealkylation sites (tertiary alicyclic amines) is 1. The van der Waals surface area contributed by atoms with Crippen LogP contribution in [0.5, 0.6) is 5.75 Å². The van der Waals surface area contributed by atoms with Crippen molar-refractivity contribution in [1.82, 2.24) is 4.90 Å². The molecule has 0 aliphatic carbocycles. The first-order valence-electron chi connectivity index (χ1n) is 9.21. The number of benzene rings is 2. The van der Waals surface area contributed by atoms with Crippen LogP contribution < -0.4 is 9.46 Å². The summed E-state index contributed by atoms with van der Waals surface area (Å²) >= 11 is 0. The Morgan fingerprint density at radius 3 is 2.25 bits per heavy atom. The molecule has 1 amide bonds. The highest BCUT2D eigenvalue weighted by Crippen LogP contribution is 2.21. The highest BCUT2D eigenvalue weighted by atomic mass is 32.2. The Morgan fingerprint density at radius 1 is 1.07 bits per heavy atom. The molecule has 1 N–H and O–H groups in total. The fourth-order valence-corrected chi connectivity index (χ4v) is 4.04. The summed E-state index contributed by atoms with van der Waals surface area (Å²) in [5, 5.41) is 0. The van der Waals surface area contributed by atoms with Crippen molar-refractivity contribution in [2.24, 2.45) is 0 Å². The van der Waals surface area contributed by atoms with Crippen molar-refractivity contribution in [2.45, 2.75) is 24.7 Å². The summed E-state index contributed by atoms with van der Waals surface area (Å²) in [6.45, 7) is 7.67. The molecule has 1 aliphatic rings. The van der Waals surface area contributed by atoms with E-state index in [0.717, 1.165) is 18.4 Å². The number of sulfonamides is 1. The quantitative estimate of drug-likeness (QED) is 0.751. The van der Waals surface area contributed by atoms with Crippen molar-refractivity contribution in [2.75, 3.05) is 24.4 Å². The van der Waals surface area contributed by atoms with E-state index < -0.39 is 10.0 Å². The molecule has 6 nitrogen and oxygen atoms in total. The van der Waals surface area contributed by atoms with E-state index in [1.54, 1.807) is 41.3 Å². The summed E-state index contributed by atoms with van der Waals surface area (Å²) in [6.07, 6.45) is 1.62. The van der Waals surface area contributed by atoms with Crippen LogP contribution in [0.4, 0.5) is 5.69 Å². The number of hydrogen-bond acceptors (Lipinski definition) is 4. The molecule has 1 heterocycles. The number of anilines is 1. The number of piperidine rings is 1. The van der Waals surface area contributed by atoms with Crippen LogP contribution in [0.25, 0.3) is 0 Å². The summed E-state index contributed by atoms with van der Waals surface area (Å²) in [4.78, 5) is 14.4. The number of amides is 1. The van der Waals surface area contributed by atoms with Crippen molar-refractivity contribution in [3.63, 3.8) is 0 Å². The van der Waals surface area contributed by atoms with Gasteiger partial charge in [0.2, 0.25) is 0 Å². The molecule has 2 aromatic carbocycles. The fraction of sp³-hybridized carbons (Fsp3) is 0.286. The Balaban J connectivity index is 1.69. The van der Waals surface area contributed by atoms with E-state index in [1.807, 2.05) is 6.92 Å². The molecular formula is C21H24N2O4S. The van der Waals surface area contributed by atoms with Gasteiger partial charge in [-0.05, 0) is 68.3 Å². The van der Waals surface area contributed by atoms with E-state index >= 15 is 0 Å². The normalized spacial score (nSPS) is 14.6. The minimum Gasteiger partial charge on any atom is -0.494 e. The third kappa shape index (κ3) is 4.72. The highest BCUT2D eigenvalue weighted by molar-refractivity contribution is 7.92. The summed E-state index contributed by atoms with van der Waals surface area (Å²) in [5.41, 5.74) is 2.08. The number of ether oxygens (including phenoxy) is 1. The number of nitrogens with zero attached hydrogens (tertiary/aromatic N) is 1. The standard InChI is InChI=1S/C21H24N2O4S/c1-3-27-19-8-6-18(7-9-19)22-28(25,26)20-10-4-17(5-11-20)21(24)23-14-12-16(2)13-15-23/h4-11,22H,2-3,12-15H2,1H3. The van der Waals surface area contributed by atoms with E-state index in [4.69, 9.17) is 4.74 Å². The van der Waals surface area contributed by atoms with Gasteiger partial charge in [-0.2, -0.15) is 0 Å². The zero-order valence-corrected chi connectivity index (χ0v) is 16.7.